The molecule has 1 rings (SSSR count). The molecule has 0 amide bonds. The van der Waals surface area contributed by atoms with Gasteiger partial charge in [-0.1, -0.05) is 34.1 Å². The summed E-state index contributed by atoms with van der Waals surface area (Å²) in [5.74, 6) is -5.36. The third-order valence-electron chi connectivity index (χ3n) is 2.18. The van der Waals surface area contributed by atoms with E-state index < -0.39 is 17.9 Å². The van der Waals surface area contributed by atoms with E-state index in [1.165, 1.54) is 13.0 Å². The first kappa shape index (κ1) is 17.3. The molecule has 0 aliphatic rings. The minimum atomic E-state index is -3.75. The Morgan fingerprint density at radius 2 is 2.06 bits per heavy atom. The first-order valence-electron chi connectivity index (χ1n) is 4.96. The molecule has 0 spiro atoms. The molecule has 0 aliphatic heterocycles. The van der Waals surface area contributed by atoms with Crippen LogP contribution in [0.3, 0.4) is 0 Å². The van der Waals surface area contributed by atoms with E-state index in [2.05, 4.69) is 20.7 Å². The lowest BCUT2D eigenvalue weighted by Gasteiger charge is -2.22. The van der Waals surface area contributed by atoms with Gasteiger partial charge in [0.25, 0.3) is 0 Å². The molecule has 0 aromatic heterocycles. The summed E-state index contributed by atoms with van der Waals surface area (Å²) < 4.78 is 32.0. The third-order valence-corrected chi connectivity index (χ3v) is 2.90. The normalized spacial score (nSPS) is 12.5. The van der Waals surface area contributed by atoms with E-state index >= 15 is 0 Å². The monoisotopic (exact) mass is 343 g/mol. The summed E-state index contributed by atoms with van der Waals surface area (Å²) in [7, 11) is 0. The Kier molecular flexibility index (Phi) is 6.73. The largest absolute Gasteiger partial charge is 0.462 e. The SMILES string of the molecule is CCOC(=O)C(F)(F)[C@H](N)c1ccccc1Br.Cl. The molecule has 0 unspecified atom stereocenters. The molecular weight excluding hydrogens is 331 g/mol. The number of nitrogens with two attached hydrogens (primary N) is 1. The van der Waals surface area contributed by atoms with Crippen LogP contribution in [0, 0.1) is 0 Å². The van der Waals surface area contributed by atoms with Gasteiger partial charge < -0.3 is 10.5 Å². The van der Waals surface area contributed by atoms with Crippen LogP contribution >= 0.6 is 28.3 Å². The number of rotatable bonds is 4. The van der Waals surface area contributed by atoms with Gasteiger partial charge >= 0.3 is 11.9 Å². The summed E-state index contributed by atoms with van der Waals surface area (Å²) in [5.41, 5.74) is 5.58. The van der Waals surface area contributed by atoms with Crippen molar-refractivity contribution < 1.29 is 18.3 Å². The number of hydrogen-bond donors (Lipinski definition) is 1. The Balaban J connectivity index is 0.00000289. The highest BCUT2D eigenvalue weighted by Crippen LogP contribution is 2.34. The van der Waals surface area contributed by atoms with Crippen molar-refractivity contribution in [2.45, 2.75) is 18.9 Å². The van der Waals surface area contributed by atoms with E-state index in [9.17, 15) is 13.6 Å². The summed E-state index contributed by atoms with van der Waals surface area (Å²) in [6.07, 6.45) is 0. The quantitative estimate of drug-likeness (QED) is 0.854. The summed E-state index contributed by atoms with van der Waals surface area (Å²) in [6.45, 7) is 1.34. The van der Waals surface area contributed by atoms with Gasteiger partial charge in [-0.25, -0.2) is 4.79 Å². The van der Waals surface area contributed by atoms with Crippen molar-refractivity contribution in [2.24, 2.45) is 5.73 Å². The van der Waals surface area contributed by atoms with E-state index in [4.69, 9.17) is 5.73 Å². The summed E-state index contributed by atoms with van der Waals surface area (Å²) in [4.78, 5) is 11.1. The zero-order valence-electron chi connectivity index (χ0n) is 9.53. The molecule has 0 aliphatic carbocycles. The predicted molar refractivity (Wildman–Crippen MR) is 69.9 cm³/mol. The highest BCUT2D eigenvalue weighted by Gasteiger charge is 2.48. The molecule has 7 heteroatoms. The first-order chi connectivity index (χ1) is 7.91. The topological polar surface area (TPSA) is 52.3 Å². The van der Waals surface area contributed by atoms with Gasteiger partial charge in [-0.05, 0) is 18.6 Å². The number of carbonyl (C=O) groups is 1. The van der Waals surface area contributed by atoms with Crippen LogP contribution in [0.4, 0.5) is 8.78 Å². The number of ether oxygens (including phenoxy) is 1. The number of benzene rings is 1. The maximum Gasteiger partial charge on any atom is 0.379 e. The molecule has 0 saturated carbocycles. The second-order valence-corrected chi connectivity index (χ2v) is 4.20. The number of halogens is 4. The van der Waals surface area contributed by atoms with Crippen molar-refractivity contribution >= 4 is 34.3 Å². The van der Waals surface area contributed by atoms with Crippen molar-refractivity contribution in [1.82, 2.24) is 0 Å². The van der Waals surface area contributed by atoms with E-state index in [0.717, 1.165) is 0 Å². The lowest BCUT2D eigenvalue weighted by Crippen LogP contribution is -2.41. The molecule has 1 aromatic carbocycles. The van der Waals surface area contributed by atoms with Crippen LogP contribution in [0.5, 0.6) is 0 Å². The zero-order chi connectivity index (χ0) is 13.1. The molecule has 0 fully saturated rings. The summed E-state index contributed by atoms with van der Waals surface area (Å²) in [6, 6.07) is 4.51. The van der Waals surface area contributed by atoms with Crippen LogP contribution in [0.1, 0.15) is 18.5 Å². The number of carbonyl (C=O) groups excluding carboxylic acids is 1. The Hall–Kier alpha value is -0.720. The number of hydrogen-bond acceptors (Lipinski definition) is 3. The molecule has 1 aromatic rings. The fourth-order valence-electron chi connectivity index (χ4n) is 1.28. The highest BCUT2D eigenvalue weighted by atomic mass is 79.9. The molecule has 0 bridgehead atoms. The van der Waals surface area contributed by atoms with E-state index in [1.54, 1.807) is 18.2 Å². The van der Waals surface area contributed by atoms with Crippen LogP contribution in [-0.4, -0.2) is 18.5 Å². The van der Waals surface area contributed by atoms with Gasteiger partial charge in [0.2, 0.25) is 0 Å². The second kappa shape index (κ2) is 7.01. The highest BCUT2D eigenvalue weighted by molar-refractivity contribution is 9.10. The van der Waals surface area contributed by atoms with Gasteiger partial charge in [0.05, 0.1) is 6.61 Å². The Bertz CT molecular complexity index is 418. The lowest BCUT2D eigenvalue weighted by molar-refractivity contribution is -0.174. The Morgan fingerprint density at radius 1 is 1.50 bits per heavy atom. The molecule has 2 N–H and O–H groups in total. The molecule has 102 valence electrons. The molecule has 18 heavy (non-hydrogen) atoms. The van der Waals surface area contributed by atoms with Crippen LogP contribution in [0.25, 0.3) is 0 Å². The van der Waals surface area contributed by atoms with Gasteiger partial charge in [0.1, 0.15) is 6.04 Å². The number of alkyl halides is 2. The average Bonchev–Trinajstić information content (AvgIpc) is 2.29. The molecule has 0 heterocycles. The van der Waals surface area contributed by atoms with Crippen LogP contribution in [-0.2, 0) is 9.53 Å². The van der Waals surface area contributed by atoms with Crippen LogP contribution in [0.2, 0.25) is 0 Å². The molecule has 1 atom stereocenters. The van der Waals surface area contributed by atoms with E-state index in [0.29, 0.717) is 4.47 Å². The second-order valence-electron chi connectivity index (χ2n) is 3.34. The van der Waals surface area contributed by atoms with Crippen molar-refractivity contribution in [3.63, 3.8) is 0 Å². The zero-order valence-corrected chi connectivity index (χ0v) is 11.9. The van der Waals surface area contributed by atoms with Crippen molar-refractivity contribution in [2.75, 3.05) is 6.61 Å². The molecular formula is C11H13BrClF2NO2. The van der Waals surface area contributed by atoms with Crippen molar-refractivity contribution in [1.29, 1.82) is 0 Å². The van der Waals surface area contributed by atoms with Gasteiger partial charge in [0, 0.05) is 4.47 Å². The molecule has 3 nitrogen and oxygen atoms in total. The summed E-state index contributed by atoms with van der Waals surface area (Å²) >= 11 is 3.11. The van der Waals surface area contributed by atoms with Gasteiger partial charge in [-0.3, -0.25) is 0 Å². The fraction of sp³-hybridized carbons (Fsp3) is 0.364. The van der Waals surface area contributed by atoms with Gasteiger partial charge in [0.15, 0.2) is 0 Å². The Morgan fingerprint density at radius 3 is 2.56 bits per heavy atom. The average molecular weight is 345 g/mol. The first-order valence-corrected chi connectivity index (χ1v) is 5.75. The maximum atomic E-state index is 13.6. The van der Waals surface area contributed by atoms with Crippen molar-refractivity contribution in [3.05, 3.63) is 34.3 Å². The lowest BCUT2D eigenvalue weighted by atomic mass is 10.0. The third kappa shape index (κ3) is 3.63. The van der Waals surface area contributed by atoms with E-state index in [-0.39, 0.29) is 24.6 Å². The van der Waals surface area contributed by atoms with E-state index in [1.807, 2.05) is 0 Å². The molecule has 0 saturated heterocycles. The minimum Gasteiger partial charge on any atom is -0.462 e. The predicted octanol–water partition coefficient (Wildman–Crippen LogP) is 3.07. The van der Waals surface area contributed by atoms with Gasteiger partial charge in [-0.15, -0.1) is 12.4 Å². The fourth-order valence-corrected chi connectivity index (χ4v) is 1.81. The molecule has 0 radical (unpaired) electrons. The Labute approximate surface area is 118 Å². The minimum absolute atomic E-state index is 0. The van der Waals surface area contributed by atoms with Crippen molar-refractivity contribution in [3.8, 4) is 0 Å². The smallest absolute Gasteiger partial charge is 0.379 e. The maximum absolute atomic E-state index is 13.6. The van der Waals surface area contributed by atoms with Crippen LogP contribution < -0.4 is 5.73 Å². The standard InChI is InChI=1S/C11H12BrF2NO2.ClH/c1-2-17-10(16)11(13,14)9(15)7-5-3-4-6-8(7)12;/h3-6,9H,2,15H2,1H3;1H/t9-;/m1./s1. The van der Waals surface area contributed by atoms with Gasteiger partial charge in [-0.2, -0.15) is 8.78 Å². The number of esters is 1. The van der Waals surface area contributed by atoms with Crippen LogP contribution in [0.15, 0.2) is 28.7 Å². The summed E-state index contributed by atoms with van der Waals surface area (Å²) in [5, 5.41) is 0.